The fourth-order valence-electron chi connectivity index (χ4n) is 2.35. The first-order valence-corrected chi connectivity index (χ1v) is 6.56. The lowest BCUT2D eigenvalue weighted by atomic mass is 9.84. The largest absolute Gasteiger partial charge is 0.338 e. The summed E-state index contributed by atoms with van der Waals surface area (Å²) in [6, 6.07) is 2.17. The Kier molecular flexibility index (Phi) is 2.28. The van der Waals surface area contributed by atoms with Crippen molar-refractivity contribution in [1.82, 2.24) is 4.90 Å². The van der Waals surface area contributed by atoms with Crippen LogP contribution >= 0.6 is 11.3 Å². The molecule has 1 aliphatic carbocycles. The van der Waals surface area contributed by atoms with Crippen molar-refractivity contribution in [2.75, 3.05) is 6.54 Å². The second-order valence-corrected chi connectivity index (χ2v) is 5.51. The van der Waals surface area contributed by atoms with Gasteiger partial charge in [0, 0.05) is 23.9 Å². The van der Waals surface area contributed by atoms with Crippen molar-refractivity contribution < 1.29 is 4.79 Å². The third-order valence-corrected chi connectivity index (χ3v) is 4.60. The highest BCUT2D eigenvalue weighted by atomic mass is 32.1. The van der Waals surface area contributed by atoms with Crippen molar-refractivity contribution >= 4 is 17.2 Å². The van der Waals surface area contributed by atoms with Crippen LogP contribution in [0.3, 0.4) is 0 Å². The molecular weight excluding hydrogens is 206 g/mol. The van der Waals surface area contributed by atoms with Crippen molar-refractivity contribution in [3.63, 3.8) is 0 Å². The molecule has 0 radical (unpaired) electrons. The van der Waals surface area contributed by atoms with Gasteiger partial charge in [-0.25, -0.2) is 0 Å². The van der Waals surface area contributed by atoms with E-state index in [-0.39, 0.29) is 0 Å². The van der Waals surface area contributed by atoms with Gasteiger partial charge in [-0.05, 0) is 36.3 Å². The molecule has 1 aromatic rings. The summed E-state index contributed by atoms with van der Waals surface area (Å²) in [6.45, 7) is 1.79. The Hall–Kier alpha value is -0.830. The molecule has 2 heterocycles. The molecule has 1 aliphatic heterocycles. The van der Waals surface area contributed by atoms with E-state index < -0.39 is 0 Å². The number of carbonyl (C=O) groups excluding carboxylic acids is 1. The molecule has 0 bridgehead atoms. The number of hydrogen-bond donors (Lipinski definition) is 0. The Morgan fingerprint density at radius 3 is 3.07 bits per heavy atom. The van der Waals surface area contributed by atoms with Gasteiger partial charge in [-0.1, -0.05) is 6.42 Å². The molecule has 3 heteroatoms. The molecule has 0 atom stereocenters. The highest BCUT2D eigenvalue weighted by Gasteiger charge is 2.31. The lowest BCUT2D eigenvalue weighted by Crippen LogP contribution is -2.41. The van der Waals surface area contributed by atoms with E-state index >= 15 is 0 Å². The van der Waals surface area contributed by atoms with Crippen molar-refractivity contribution in [3.05, 3.63) is 21.9 Å². The smallest absolute Gasteiger partial charge is 0.225 e. The zero-order valence-electron chi connectivity index (χ0n) is 8.74. The van der Waals surface area contributed by atoms with Gasteiger partial charge in [0.2, 0.25) is 5.91 Å². The lowest BCUT2D eigenvalue weighted by Gasteiger charge is -2.33. The third kappa shape index (κ3) is 1.59. The number of carbonyl (C=O) groups is 1. The molecule has 80 valence electrons. The van der Waals surface area contributed by atoms with Crippen molar-refractivity contribution in [3.8, 4) is 0 Å². The van der Waals surface area contributed by atoms with Gasteiger partial charge in [-0.2, -0.15) is 0 Å². The summed E-state index contributed by atoms with van der Waals surface area (Å²) < 4.78 is 0. The van der Waals surface area contributed by atoms with Gasteiger partial charge < -0.3 is 4.90 Å². The zero-order chi connectivity index (χ0) is 10.3. The van der Waals surface area contributed by atoms with E-state index in [2.05, 4.69) is 16.3 Å². The van der Waals surface area contributed by atoms with E-state index in [1.165, 1.54) is 16.9 Å². The Bertz CT molecular complexity index is 381. The van der Waals surface area contributed by atoms with E-state index in [0.29, 0.717) is 11.8 Å². The molecule has 0 spiro atoms. The first-order chi connectivity index (χ1) is 7.34. The molecule has 2 aliphatic rings. The van der Waals surface area contributed by atoms with E-state index in [1.807, 2.05) is 11.3 Å². The van der Waals surface area contributed by atoms with Gasteiger partial charge in [0.15, 0.2) is 0 Å². The van der Waals surface area contributed by atoms with Crippen molar-refractivity contribution in [2.24, 2.45) is 5.92 Å². The van der Waals surface area contributed by atoms with Crippen LogP contribution in [0.4, 0.5) is 0 Å². The number of thiophene rings is 1. The van der Waals surface area contributed by atoms with Gasteiger partial charge in [0.1, 0.15) is 0 Å². The zero-order valence-corrected chi connectivity index (χ0v) is 9.55. The topological polar surface area (TPSA) is 20.3 Å². The minimum atomic E-state index is 0.352. The Morgan fingerprint density at radius 1 is 1.47 bits per heavy atom. The summed E-state index contributed by atoms with van der Waals surface area (Å²) in [7, 11) is 0. The number of fused-ring (bicyclic) bond motifs is 1. The summed E-state index contributed by atoms with van der Waals surface area (Å²) >= 11 is 1.83. The van der Waals surface area contributed by atoms with Gasteiger partial charge in [-0.3, -0.25) is 4.79 Å². The maximum Gasteiger partial charge on any atom is 0.225 e. The second-order valence-electron chi connectivity index (χ2n) is 4.51. The molecule has 0 saturated heterocycles. The molecule has 1 fully saturated rings. The van der Waals surface area contributed by atoms with Crippen LogP contribution in [-0.2, 0) is 17.8 Å². The number of rotatable bonds is 1. The average Bonchev–Trinajstić information content (AvgIpc) is 2.61. The molecular formula is C12H15NOS. The highest BCUT2D eigenvalue weighted by molar-refractivity contribution is 7.10. The normalized spacial score (nSPS) is 20.9. The molecule has 0 N–H and O–H groups in total. The van der Waals surface area contributed by atoms with Crippen molar-refractivity contribution in [1.29, 1.82) is 0 Å². The molecule has 0 aromatic carbocycles. The molecule has 15 heavy (non-hydrogen) atoms. The van der Waals surface area contributed by atoms with Crippen LogP contribution in [-0.4, -0.2) is 17.4 Å². The number of hydrogen-bond acceptors (Lipinski definition) is 2. The van der Waals surface area contributed by atoms with Crippen LogP contribution < -0.4 is 0 Å². The van der Waals surface area contributed by atoms with Crippen LogP contribution in [0, 0.1) is 5.92 Å². The molecule has 0 unspecified atom stereocenters. The Labute approximate surface area is 93.9 Å². The minimum absolute atomic E-state index is 0.352. The lowest BCUT2D eigenvalue weighted by molar-refractivity contribution is -0.139. The van der Waals surface area contributed by atoms with Crippen LogP contribution in [0.1, 0.15) is 29.7 Å². The SMILES string of the molecule is O=C(C1CCC1)N1CCc2sccc2C1. The average molecular weight is 221 g/mol. The van der Waals surface area contributed by atoms with Crippen LogP contribution in [0.2, 0.25) is 0 Å². The monoisotopic (exact) mass is 221 g/mol. The van der Waals surface area contributed by atoms with Crippen LogP contribution in [0.5, 0.6) is 0 Å². The highest BCUT2D eigenvalue weighted by Crippen LogP contribution is 2.31. The number of amides is 1. The van der Waals surface area contributed by atoms with E-state index in [0.717, 1.165) is 32.4 Å². The Balaban J connectivity index is 1.72. The molecule has 1 amide bonds. The predicted octanol–water partition coefficient (Wildman–Crippen LogP) is 2.43. The maximum atomic E-state index is 12.0. The van der Waals surface area contributed by atoms with Crippen LogP contribution in [0.15, 0.2) is 11.4 Å². The van der Waals surface area contributed by atoms with Gasteiger partial charge in [-0.15, -0.1) is 11.3 Å². The first-order valence-electron chi connectivity index (χ1n) is 5.68. The van der Waals surface area contributed by atoms with Gasteiger partial charge >= 0.3 is 0 Å². The molecule has 3 rings (SSSR count). The van der Waals surface area contributed by atoms with Crippen molar-refractivity contribution in [2.45, 2.75) is 32.2 Å². The quantitative estimate of drug-likeness (QED) is 0.713. The molecule has 1 aromatic heterocycles. The predicted molar refractivity (Wildman–Crippen MR) is 60.8 cm³/mol. The van der Waals surface area contributed by atoms with E-state index in [9.17, 15) is 4.79 Å². The van der Waals surface area contributed by atoms with E-state index in [4.69, 9.17) is 0 Å². The standard InChI is InChI=1S/C12H15NOS/c14-12(9-2-1-3-9)13-6-4-11-10(8-13)5-7-15-11/h5,7,9H,1-4,6,8H2. The third-order valence-electron chi connectivity index (χ3n) is 3.57. The second kappa shape index (κ2) is 3.63. The first kappa shape index (κ1) is 9.40. The summed E-state index contributed by atoms with van der Waals surface area (Å²) in [6.07, 6.45) is 4.54. The minimum Gasteiger partial charge on any atom is -0.338 e. The fourth-order valence-corrected chi connectivity index (χ4v) is 3.24. The fraction of sp³-hybridized carbons (Fsp3) is 0.583. The maximum absolute atomic E-state index is 12.0. The Morgan fingerprint density at radius 2 is 2.33 bits per heavy atom. The summed E-state index contributed by atoms with van der Waals surface area (Å²) in [4.78, 5) is 15.6. The molecule has 1 saturated carbocycles. The summed E-state index contributed by atoms with van der Waals surface area (Å²) in [5, 5.41) is 2.14. The number of nitrogens with zero attached hydrogens (tertiary/aromatic N) is 1. The van der Waals surface area contributed by atoms with Crippen LogP contribution in [0.25, 0.3) is 0 Å². The van der Waals surface area contributed by atoms with Gasteiger partial charge in [0.25, 0.3) is 0 Å². The van der Waals surface area contributed by atoms with E-state index in [1.54, 1.807) is 0 Å². The van der Waals surface area contributed by atoms with Gasteiger partial charge in [0.05, 0.1) is 0 Å². The summed E-state index contributed by atoms with van der Waals surface area (Å²) in [5.74, 6) is 0.753. The summed E-state index contributed by atoms with van der Waals surface area (Å²) in [5.41, 5.74) is 1.37. The molecule has 2 nitrogen and oxygen atoms in total.